The minimum atomic E-state index is 0.159. The predicted octanol–water partition coefficient (Wildman–Crippen LogP) is 2.89. The molecule has 0 aliphatic heterocycles. The fraction of sp³-hybridized carbons (Fsp3) is 0.385. The summed E-state index contributed by atoms with van der Waals surface area (Å²) in [4.78, 5) is 5.55. The van der Waals surface area contributed by atoms with Gasteiger partial charge in [-0.25, -0.2) is 0 Å². The molecule has 3 nitrogen and oxygen atoms in total. The molecular weight excluding hydrogens is 278 g/mol. The standard InChI is InChI=1S/C13H18BrN3/c1-8(15)6-11-10-7-9(14)4-5-12(10)16-13(11)17(2)3/h4-5,7-8,16H,6,15H2,1-3H3. The minimum Gasteiger partial charge on any atom is -0.364 e. The average molecular weight is 296 g/mol. The van der Waals surface area contributed by atoms with Crippen molar-refractivity contribution in [3.63, 3.8) is 0 Å². The van der Waals surface area contributed by atoms with Crippen molar-refractivity contribution in [2.24, 2.45) is 5.73 Å². The van der Waals surface area contributed by atoms with Crippen LogP contribution in [0.3, 0.4) is 0 Å². The van der Waals surface area contributed by atoms with Gasteiger partial charge in [0.2, 0.25) is 0 Å². The van der Waals surface area contributed by atoms with Crippen LogP contribution in [0.15, 0.2) is 22.7 Å². The van der Waals surface area contributed by atoms with Crippen LogP contribution in [-0.4, -0.2) is 25.1 Å². The first-order valence-electron chi connectivity index (χ1n) is 5.72. The lowest BCUT2D eigenvalue weighted by atomic mass is 10.1. The Hall–Kier alpha value is -1.000. The number of aromatic nitrogens is 1. The van der Waals surface area contributed by atoms with E-state index in [1.807, 2.05) is 27.1 Å². The van der Waals surface area contributed by atoms with Gasteiger partial charge < -0.3 is 15.6 Å². The number of hydrogen-bond donors (Lipinski definition) is 2. The Kier molecular flexibility index (Phi) is 3.45. The molecule has 0 bridgehead atoms. The Morgan fingerprint density at radius 2 is 2.12 bits per heavy atom. The Labute approximate surface area is 110 Å². The van der Waals surface area contributed by atoms with E-state index in [-0.39, 0.29) is 6.04 Å². The maximum absolute atomic E-state index is 5.94. The lowest BCUT2D eigenvalue weighted by Crippen LogP contribution is -2.20. The highest BCUT2D eigenvalue weighted by Gasteiger charge is 2.14. The largest absolute Gasteiger partial charge is 0.364 e. The van der Waals surface area contributed by atoms with Crippen molar-refractivity contribution < 1.29 is 0 Å². The van der Waals surface area contributed by atoms with Crippen LogP contribution in [0, 0.1) is 0 Å². The highest BCUT2D eigenvalue weighted by molar-refractivity contribution is 9.10. The average Bonchev–Trinajstić information content (AvgIpc) is 2.56. The number of aromatic amines is 1. The van der Waals surface area contributed by atoms with Gasteiger partial charge in [-0.1, -0.05) is 15.9 Å². The first-order chi connectivity index (χ1) is 7.99. The Bertz CT molecular complexity index is 529. The molecular formula is C13H18BrN3. The maximum Gasteiger partial charge on any atom is 0.109 e. The molecule has 0 aliphatic rings. The quantitative estimate of drug-likeness (QED) is 0.914. The molecule has 4 heteroatoms. The minimum absolute atomic E-state index is 0.159. The van der Waals surface area contributed by atoms with E-state index in [0.29, 0.717) is 0 Å². The Morgan fingerprint density at radius 3 is 2.71 bits per heavy atom. The highest BCUT2D eigenvalue weighted by Crippen LogP contribution is 2.30. The molecule has 17 heavy (non-hydrogen) atoms. The second-order valence-electron chi connectivity index (χ2n) is 4.72. The Balaban J connectivity index is 2.64. The smallest absolute Gasteiger partial charge is 0.109 e. The zero-order valence-electron chi connectivity index (χ0n) is 10.4. The first kappa shape index (κ1) is 12.5. The number of fused-ring (bicyclic) bond motifs is 1. The summed E-state index contributed by atoms with van der Waals surface area (Å²) in [5.41, 5.74) is 8.39. The number of nitrogens with one attached hydrogen (secondary N) is 1. The predicted molar refractivity (Wildman–Crippen MR) is 77.7 cm³/mol. The number of rotatable bonds is 3. The van der Waals surface area contributed by atoms with E-state index in [0.717, 1.165) is 22.2 Å². The van der Waals surface area contributed by atoms with Gasteiger partial charge in [-0.2, -0.15) is 0 Å². The SMILES string of the molecule is CC(N)Cc1c(N(C)C)[nH]c2ccc(Br)cc12. The normalized spacial score (nSPS) is 13.0. The Morgan fingerprint density at radius 1 is 1.41 bits per heavy atom. The van der Waals surface area contributed by atoms with Crippen molar-refractivity contribution in [1.82, 2.24) is 4.98 Å². The van der Waals surface area contributed by atoms with Gasteiger partial charge >= 0.3 is 0 Å². The zero-order chi connectivity index (χ0) is 12.6. The van der Waals surface area contributed by atoms with Crippen LogP contribution in [0.25, 0.3) is 10.9 Å². The summed E-state index contributed by atoms with van der Waals surface area (Å²) in [5, 5.41) is 1.25. The van der Waals surface area contributed by atoms with Crippen LogP contribution in [0.4, 0.5) is 5.82 Å². The van der Waals surface area contributed by atoms with Crippen molar-refractivity contribution in [2.75, 3.05) is 19.0 Å². The fourth-order valence-electron chi connectivity index (χ4n) is 2.12. The van der Waals surface area contributed by atoms with Gasteiger partial charge in [0.25, 0.3) is 0 Å². The van der Waals surface area contributed by atoms with E-state index in [1.54, 1.807) is 0 Å². The van der Waals surface area contributed by atoms with Crippen molar-refractivity contribution in [3.05, 3.63) is 28.2 Å². The van der Waals surface area contributed by atoms with E-state index in [2.05, 4.69) is 37.9 Å². The molecule has 1 aromatic heterocycles. The van der Waals surface area contributed by atoms with E-state index >= 15 is 0 Å². The molecule has 3 N–H and O–H groups in total. The zero-order valence-corrected chi connectivity index (χ0v) is 12.0. The second-order valence-corrected chi connectivity index (χ2v) is 5.63. The highest BCUT2D eigenvalue weighted by atomic mass is 79.9. The van der Waals surface area contributed by atoms with Crippen LogP contribution >= 0.6 is 15.9 Å². The molecule has 0 fully saturated rings. The molecule has 0 amide bonds. The van der Waals surface area contributed by atoms with Crippen LogP contribution < -0.4 is 10.6 Å². The van der Waals surface area contributed by atoms with Crippen LogP contribution in [0.5, 0.6) is 0 Å². The topological polar surface area (TPSA) is 45.0 Å². The van der Waals surface area contributed by atoms with Gasteiger partial charge in [-0.3, -0.25) is 0 Å². The van der Waals surface area contributed by atoms with Gasteiger partial charge in [-0.15, -0.1) is 0 Å². The number of nitrogens with two attached hydrogens (primary N) is 1. The van der Waals surface area contributed by atoms with Crippen molar-refractivity contribution in [1.29, 1.82) is 0 Å². The number of benzene rings is 1. The third kappa shape index (κ3) is 2.48. The molecule has 0 saturated carbocycles. The van der Waals surface area contributed by atoms with Crippen molar-refractivity contribution in [2.45, 2.75) is 19.4 Å². The number of anilines is 1. The number of H-pyrrole nitrogens is 1. The summed E-state index contributed by atoms with van der Waals surface area (Å²) in [7, 11) is 4.09. The third-order valence-electron chi connectivity index (χ3n) is 2.82. The third-order valence-corrected chi connectivity index (χ3v) is 3.31. The van der Waals surface area contributed by atoms with Gasteiger partial charge in [0.15, 0.2) is 0 Å². The molecule has 92 valence electrons. The number of halogens is 1. The lowest BCUT2D eigenvalue weighted by Gasteiger charge is -2.14. The monoisotopic (exact) mass is 295 g/mol. The summed E-state index contributed by atoms with van der Waals surface area (Å²) in [6.07, 6.45) is 0.879. The molecule has 2 rings (SSSR count). The van der Waals surface area contributed by atoms with Crippen molar-refractivity contribution >= 4 is 32.7 Å². The van der Waals surface area contributed by atoms with E-state index in [1.165, 1.54) is 10.9 Å². The summed E-state index contributed by atoms with van der Waals surface area (Å²) in [6, 6.07) is 6.45. The molecule has 0 radical (unpaired) electrons. The molecule has 1 atom stereocenters. The lowest BCUT2D eigenvalue weighted by molar-refractivity contribution is 0.740. The first-order valence-corrected chi connectivity index (χ1v) is 6.51. The van der Waals surface area contributed by atoms with E-state index in [4.69, 9.17) is 5.73 Å². The van der Waals surface area contributed by atoms with Crippen LogP contribution in [0.2, 0.25) is 0 Å². The molecule has 1 aromatic carbocycles. The number of nitrogens with zero attached hydrogens (tertiary/aromatic N) is 1. The molecule has 2 aromatic rings. The van der Waals surface area contributed by atoms with E-state index in [9.17, 15) is 0 Å². The van der Waals surface area contributed by atoms with Crippen molar-refractivity contribution in [3.8, 4) is 0 Å². The van der Waals surface area contributed by atoms with Gasteiger partial charge in [0.1, 0.15) is 5.82 Å². The fourth-order valence-corrected chi connectivity index (χ4v) is 2.48. The summed E-state index contributed by atoms with van der Waals surface area (Å²) < 4.78 is 1.10. The van der Waals surface area contributed by atoms with Gasteiger partial charge in [-0.05, 0) is 31.5 Å². The summed E-state index contributed by atoms with van der Waals surface area (Å²) >= 11 is 3.52. The van der Waals surface area contributed by atoms with Crippen LogP contribution in [-0.2, 0) is 6.42 Å². The summed E-state index contributed by atoms with van der Waals surface area (Å²) in [6.45, 7) is 2.04. The summed E-state index contributed by atoms with van der Waals surface area (Å²) in [5.74, 6) is 1.15. The molecule has 1 unspecified atom stereocenters. The molecule has 0 spiro atoms. The molecule has 1 heterocycles. The second kappa shape index (κ2) is 4.70. The number of hydrogen-bond acceptors (Lipinski definition) is 2. The van der Waals surface area contributed by atoms with Crippen LogP contribution in [0.1, 0.15) is 12.5 Å². The van der Waals surface area contributed by atoms with E-state index < -0.39 is 0 Å². The van der Waals surface area contributed by atoms with Gasteiger partial charge in [0, 0.05) is 41.1 Å². The maximum atomic E-state index is 5.94. The van der Waals surface area contributed by atoms with Gasteiger partial charge in [0.05, 0.1) is 0 Å². The molecule has 0 saturated heterocycles. The molecule has 0 aliphatic carbocycles.